The van der Waals surface area contributed by atoms with Crippen LogP contribution in [0.1, 0.15) is 13.3 Å². The van der Waals surface area contributed by atoms with Crippen LogP contribution in [0.2, 0.25) is 0 Å². The Kier molecular flexibility index (Phi) is 3.39. The highest BCUT2D eigenvalue weighted by Crippen LogP contribution is 2.38. The predicted molar refractivity (Wildman–Crippen MR) is 77.6 cm³/mol. The zero-order valence-electron chi connectivity index (χ0n) is 11.6. The van der Waals surface area contributed by atoms with E-state index in [1.165, 1.54) is 0 Å². The van der Waals surface area contributed by atoms with Crippen LogP contribution in [0.15, 0.2) is 24.5 Å². The maximum Gasteiger partial charge on any atom is 0.262 e. The van der Waals surface area contributed by atoms with Gasteiger partial charge in [0.1, 0.15) is 5.75 Å². The predicted octanol–water partition coefficient (Wildman–Crippen LogP) is 2.00. The van der Waals surface area contributed by atoms with E-state index in [1.54, 1.807) is 29.2 Å². The largest absolute Gasteiger partial charge is 0.481 e. The van der Waals surface area contributed by atoms with Gasteiger partial charge in [0.05, 0.1) is 23.8 Å². The molecule has 1 aromatic carbocycles. The summed E-state index contributed by atoms with van der Waals surface area (Å²) in [5, 5.41) is 6.91. The van der Waals surface area contributed by atoms with Crippen LogP contribution < -0.4 is 20.5 Å². The molecule has 3 N–H and O–H groups in total. The molecule has 0 aliphatic carbocycles. The summed E-state index contributed by atoms with van der Waals surface area (Å²) in [4.78, 5) is 11.3. The van der Waals surface area contributed by atoms with E-state index in [2.05, 4.69) is 17.3 Å². The van der Waals surface area contributed by atoms with Gasteiger partial charge in [-0.15, -0.1) is 0 Å². The summed E-state index contributed by atoms with van der Waals surface area (Å²) in [5.74, 6) is 1.39. The number of amides is 1. The average Bonchev–Trinajstić information content (AvgIpc) is 2.88. The van der Waals surface area contributed by atoms with E-state index in [0.717, 1.165) is 13.0 Å². The number of aryl methyl sites for hydroxylation is 1. The topological polar surface area (TPSA) is 91.4 Å². The Morgan fingerprint density at radius 2 is 2.38 bits per heavy atom. The van der Waals surface area contributed by atoms with E-state index in [9.17, 15) is 4.79 Å². The molecule has 3 rings (SSSR count). The van der Waals surface area contributed by atoms with Crippen LogP contribution in [0.4, 0.5) is 11.4 Å². The van der Waals surface area contributed by atoms with E-state index in [4.69, 9.17) is 15.2 Å². The molecule has 0 fully saturated rings. The van der Waals surface area contributed by atoms with Crippen LogP contribution >= 0.6 is 0 Å². The molecule has 0 bridgehead atoms. The third-order valence-electron chi connectivity index (χ3n) is 3.03. The Morgan fingerprint density at radius 1 is 1.52 bits per heavy atom. The number of nitrogen functional groups attached to an aromatic ring is 1. The van der Waals surface area contributed by atoms with Gasteiger partial charge in [0, 0.05) is 18.7 Å². The van der Waals surface area contributed by atoms with Gasteiger partial charge in [-0.05, 0) is 6.42 Å². The van der Waals surface area contributed by atoms with Gasteiger partial charge in [0.25, 0.3) is 5.91 Å². The van der Waals surface area contributed by atoms with Crippen LogP contribution in [-0.2, 0) is 11.3 Å². The van der Waals surface area contributed by atoms with E-state index in [-0.39, 0.29) is 12.5 Å². The van der Waals surface area contributed by atoms with Crippen molar-refractivity contribution in [2.45, 2.75) is 19.9 Å². The molecule has 110 valence electrons. The third kappa shape index (κ3) is 2.76. The first kappa shape index (κ1) is 13.3. The average molecular weight is 288 g/mol. The quantitative estimate of drug-likeness (QED) is 0.840. The molecule has 0 atom stereocenters. The first-order valence-electron chi connectivity index (χ1n) is 6.72. The monoisotopic (exact) mass is 288 g/mol. The van der Waals surface area contributed by atoms with Gasteiger partial charge in [0.2, 0.25) is 0 Å². The summed E-state index contributed by atoms with van der Waals surface area (Å²) in [5.41, 5.74) is 6.94. The SMILES string of the molecule is CCCn1cc(Oc2cc3c(cc2N)OCC(=O)N3)cn1. The molecule has 7 nitrogen and oxygen atoms in total. The maximum atomic E-state index is 11.3. The maximum absolute atomic E-state index is 11.3. The molecule has 0 radical (unpaired) electrons. The van der Waals surface area contributed by atoms with Crippen molar-refractivity contribution < 1.29 is 14.3 Å². The van der Waals surface area contributed by atoms with Crippen LogP contribution in [0.5, 0.6) is 17.2 Å². The summed E-state index contributed by atoms with van der Waals surface area (Å²) in [6, 6.07) is 3.29. The van der Waals surface area contributed by atoms with Gasteiger partial charge in [-0.2, -0.15) is 5.10 Å². The highest BCUT2D eigenvalue weighted by Gasteiger charge is 2.19. The highest BCUT2D eigenvalue weighted by molar-refractivity contribution is 5.96. The Hall–Kier alpha value is -2.70. The highest BCUT2D eigenvalue weighted by atomic mass is 16.5. The lowest BCUT2D eigenvalue weighted by molar-refractivity contribution is -0.118. The summed E-state index contributed by atoms with van der Waals surface area (Å²) in [6.45, 7) is 2.90. The minimum Gasteiger partial charge on any atom is -0.481 e. The molecule has 0 spiro atoms. The summed E-state index contributed by atoms with van der Waals surface area (Å²) in [7, 11) is 0. The lowest BCUT2D eigenvalue weighted by Crippen LogP contribution is -2.25. The molecule has 1 aromatic heterocycles. The fourth-order valence-electron chi connectivity index (χ4n) is 2.09. The van der Waals surface area contributed by atoms with Crippen molar-refractivity contribution in [2.75, 3.05) is 17.7 Å². The van der Waals surface area contributed by atoms with Crippen molar-refractivity contribution in [3.05, 3.63) is 24.5 Å². The summed E-state index contributed by atoms with van der Waals surface area (Å²) < 4.78 is 12.8. The molecule has 7 heteroatoms. The second kappa shape index (κ2) is 5.35. The lowest BCUT2D eigenvalue weighted by atomic mass is 10.2. The van der Waals surface area contributed by atoms with Gasteiger partial charge < -0.3 is 20.5 Å². The number of hydrogen-bond acceptors (Lipinski definition) is 5. The molecule has 21 heavy (non-hydrogen) atoms. The van der Waals surface area contributed by atoms with Gasteiger partial charge in [-0.3, -0.25) is 9.48 Å². The molecular formula is C14H16N4O3. The second-order valence-corrected chi connectivity index (χ2v) is 4.76. The minimum atomic E-state index is -0.200. The number of aromatic nitrogens is 2. The fraction of sp³-hybridized carbons (Fsp3) is 0.286. The van der Waals surface area contributed by atoms with E-state index >= 15 is 0 Å². The standard InChI is InChI=1S/C14H16N4O3/c1-2-3-18-7-9(6-16-18)21-12-5-11-13(4-10(12)15)20-8-14(19)17-11/h4-7H,2-3,8,15H2,1H3,(H,17,19). The first-order chi connectivity index (χ1) is 10.2. The Balaban J connectivity index is 1.84. The molecule has 0 saturated heterocycles. The van der Waals surface area contributed by atoms with E-state index in [1.807, 2.05) is 0 Å². The first-order valence-corrected chi connectivity index (χ1v) is 6.72. The summed E-state index contributed by atoms with van der Waals surface area (Å²) >= 11 is 0. The van der Waals surface area contributed by atoms with E-state index < -0.39 is 0 Å². The van der Waals surface area contributed by atoms with Crippen LogP contribution in [0.3, 0.4) is 0 Å². The van der Waals surface area contributed by atoms with Crippen molar-refractivity contribution in [1.82, 2.24) is 9.78 Å². The summed E-state index contributed by atoms with van der Waals surface area (Å²) in [6.07, 6.45) is 4.42. The second-order valence-electron chi connectivity index (χ2n) is 4.76. The number of nitrogens with two attached hydrogens (primary N) is 1. The van der Waals surface area contributed by atoms with Gasteiger partial charge in [0.15, 0.2) is 18.1 Å². The van der Waals surface area contributed by atoms with Crippen molar-refractivity contribution in [3.8, 4) is 17.2 Å². The molecule has 1 aliphatic rings. The van der Waals surface area contributed by atoms with Gasteiger partial charge >= 0.3 is 0 Å². The number of nitrogens with zero attached hydrogens (tertiary/aromatic N) is 2. The van der Waals surface area contributed by atoms with Crippen LogP contribution in [0, 0.1) is 0 Å². The molecule has 0 unspecified atom stereocenters. The van der Waals surface area contributed by atoms with Crippen LogP contribution in [-0.4, -0.2) is 22.3 Å². The minimum absolute atomic E-state index is 0.00354. The normalized spacial score (nSPS) is 13.3. The fourth-order valence-corrected chi connectivity index (χ4v) is 2.09. The molecular weight excluding hydrogens is 272 g/mol. The van der Waals surface area contributed by atoms with Gasteiger partial charge in [-0.25, -0.2) is 0 Å². The zero-order valence-corrected chi connectivity index (χ0v) is 11.6. The number of carbonyl (C=O) groups is 1. The number of hydrogen-bond donors (Lipinski definition) is 2. The molecule has 1 amide bonds. The van der Waals surface area contributed by atoms with Crippen molar-refractivity contribution in [3.63, 3.8) is 0 Å². The number of rotatable bonds is 4. The number of nitrogens with one attached hydrogen (secondary N) is 1. The number of carbonyl (C=O) groups excluding carboxylic acids is 1. The Morgan fingerprint density at radius 3 is 3.19 bits per heavy atom. The third-order valence-corrected chi connectivity index (χ3v) is 3.03. The molecule has 2 heterocycles. The Bertz CT molecular complexity index is 681. The lowest BCUT2D eigenvalue weighted by Gasteiger charge is -2.19. The number of fused-ring (bicyclic) bond motifs is 1. The molecule has 0 saturated carbocycles. The van der Waals surface area contributed by atoms with Crippen LogP contribution in [0.25, 0.3) is 0 Å². The van der Waals surface area contributed by atoms with Crippen molar-refractivity contribution in [1.29, 1.82) is 0 Å². The van der Waals surface area contributed by atoms with Crippen molar-refractivity contribution >= 4 is 17.3 Å². The smallest absolute Gasteiger partial charge is 0.262 e. The Labute approximate surface area is 121 Å². The number of benzene rings is 1. The number of anilines is 2. The number of ether oxygens (including phenoxy) is 2. The van der Waals surface area contributed by atoms with Crippen molar-refractivity contribution in [2.24, 2.45) is 0 Å². The molecule has 1 aliphatic heterocycles. The zero-order chi connectivity index (χ0) is 14.8. The molecule has 2 aromatic rings. The van der Waals surface area contributed by atoms with Gasteiger partial charge in [-0.1, -0.05) is 6.92 Å². The van der Waals surface area contributed by atoms with E-state index in [0.29, 0.717) is 28.6 Å².